The van der Waals surface area contributed by atoms with Crippen molar-refractivity contribution in [3.05, 3.63) is 18.2 Å². The van der Waals surface area contributed by atoms with E-state index in [4.69, 9.17) is 10.5 Å². The first-order valence-electron chi connectivity index (χ1n) is 6.51. The maximum absolute atomic E-state index is 12.5. The third-order valence-corrected chi connectivity index (χ3v) is 3.45. The molecule has 18 heavy (non-hydrogen) atoms. The molecular weight excluding hydrogens is 228 g/mol. The molecule has 1 aliphatic rings. The zero-order chi connectivity index (χ0) is 13.1. The molecule has 0 unspecified atom stereocenters. The predicted molar refractivity (Wildman–Crippen MR) is 72.8 cm³/mol. The maximum Gasteiger partial charge on any atom is 0.230 e. The first-order valence-corrected chi connectivity index (χ1v) is 6.51. The van der Waals surface area contributed by atoms with Crippen LogP contribution in [0.2, 0.25) is 0 Å². The van der Waals surface area contributed by atoms with Crippen molar-refractivity contribution in [1.29, 1.82) is 0 Å². The first kappa shape index (κ1) is 12.7. The molecule has 0 aromatic heterocycles. The second-order valence-corrected chi connectivity index (χ2v) is 4.58. The molecule has 98 valence electrons. The number of anilines is 2. The minimum atomic E-state index is 0.0809. The van der Waals surface area contributed by atoms with Gasteiger partial charge in [-0.25, -0.2) is 0 Å². The molecule has 0 saturated heterocycles. The van der Waals surface area contributed by atoms with Gasteiger partial charge in [-0.2, -0.15) is 0 Å². The van der Waals surface area contributed by atoms with Gasteiger partial charge < -0.3 is 15.4 Å². The number of carbonyl (C=O) groups is 1. The lowest BCUT2D eigenvalue weighted by molar-refractivity contribution is -0.122. The Morgan fingerprint density at radius 2 is 2.17 bits per heavy atom. The van der Waals surface area contributed by atoms with Crippen LogP contribution in [0, 0.1) is 5.92 Å². The van der Waals surface area contributed by atoms with E-state index in [2.05, 4.69) is 0 Å². The van der Waals surface area contributed by atoms with Gasteiger partial charge in [0.2, 0.25) is 5.91 Å². The van der Waals surface area contributed by atoms with E-state index in [1.807, 2.05) is 30.9 Å². The second kappa shape index (κ2) is 5.29. The van der Waals surface area contributed by atoms with Crippen LogP contribution in [-0.2, 0) is 4.79 Å². The minimum absolute atomic E-state index is 0.0809. The summed E-state index contributed by atoms with van der Waals surface area (Å²) in [5.41, 5.74) is 7.25. The van der Waals surface area contributed by atoms with Gasteiger partial charge in [-0.1, -0.05) is 13.8 Å². The number of ether oxygens (including phenoxy) is 1. The maximum atomic E-state index is 12.5. The van der Waals surface area contributed by atoms with Crippen LogP contribution in [0.3, 0.4) is 0 Å². The van der Waals surface area contributed by atoms with Crippen molar-refractivity contribution in [3.8, 4) is 5.75 Å². The number of nitrogens with zero attached hydrogens (tertiary/aromatic N) is 1. The van der Waals surface area contributed by atoms with E-state index in [0.29, 0.717) is 18.8 Å². The molecule has 0 bridgehead atoms. The molecule has 1 aliphatic heterocycles. The lowest BCUT2D eigenvalue weighted by Crippen LogP contribution is -2.41. The van der Waals surface area contributed by atoms with E-state index in [1.165, 1.54) is 0 Å². The predicted octanol–water partition coefficient (Wildman–Crippen LogP) is 2.43. The van der Waals surface area contributed by atoms with Crippen LogP contribution in [0.5, 0.6) is 5.75 Å². The van der Waals surface area contributed by atoms with Crippen molar-refractivity contribution in [2.75, 3.05) is 23.8 Å². The van der Waals surface area contributed by atoms with Gasteiger partial charge in [-0.15, -0.1) is 0 Å². The van der Waals surface area contributed by atoms with Crippen molar-refractivity contribution in [2.45, 2.75) is 26.7 Å². The standard InChI is InChI=1S/C14H20N2O2/c1-3-10(4-2)14(17)16-7-8-18-13-6-5-11(15)9-12(13)16/h5-6,9-10H,3-4,7-8,15H2,1-2H3. The lowest BCUT2D eigenvalue weighted by Gasteiger charge is -2.32. The summed E-state index contributed by atoms with van der Waals surface area (Å²) < 4.78 is 5.56. The normalized spacial score (nSPS) is 14.3. The van der Waals surface area contributed by atoms with Crippen LogP contribution in [-0.4, -0.2) is 19.1 Å². The molecule has 4 heteroatoms. The summed E-state index contributed by atoms with van der Waals surface area (Å²) in [5.74, 6) is 1.00. The zero-order valence-corrected chi connectivity index (χ0v) is 11.0. The molecule has 4 nitrogen and oxygen atoms in total. The van der Waals surface area contributed by atoms with Crippen LogP contribution in [0.1, 0.15) is 26.7 Å². The Morgan fingerprint density at radius 3 is 2.83 bits per heavy atom. The number of benzene rings is 1. The van der Waals surface area contributed by atoms with Gasteiger partial charge >= 0.3 is 0 Å². The van der Waals surface area contributed by atoms with E-state index in [1.54, 1.807) is 6.07 Å². The molecule has 1 amide bonds. The Balaban J connectivity index is 2.32. The minimum Gasteiger partial charge on any atom is -0.490 e. The smallest absolute Gasteiger partial charge is 0.230 e. The highest BCUT2D eigenvalue weighted by molar-refractivity contribution is 5.97. The van der Waals surface area contributed by atoms with Crippen LogP contribution in [0.4, 0.5) is 11.4 Å². The number of fused-ring (bicyclic) bond motifs is 1. The molecular formula is C14H20N2O2. The average molecular weight is 248 g/mol. The Bertz CT molecular complexity index is 441. The highest BCUT2D eigenvalue weighted by Crippen LogP contribution is 2.34. The Hall–Kier alpha value is -1.71. The van der Waals surface area contributed by atoms with Crippen molar-refractivity contribution in [1.82, 2.24) is 0 Å². The fourth-order valence-corrected chi connectivity index (χ4v) is 2.32. The third-order valence-electron chi connectivity index (χ3n) is 3.45. The fraction of sp³-hybridized carbons (Fsp3) is 0.500. The van der Waals surface area contributed by atoms with Gasteiger partial charge in [0.25, 0.3) is 0 Å². The monoisotopic (exact) mass is 248 g/mol. The molecule has 0 saturated carbocycles. The van der Waals surface area contributed by atoms with Gasteiger partial charge in [0.05, 0.1) is 12.2 Å². The van der Waals surface area contributed by atoms with E-state index in [-0.39, 0.29) is 11.8 Å². The van der Waals surface area contributed by atoms with Crippen LogP contribution in [0.25, 0.3) is 0 Å². The molecule has 1 heterocycles. The Morgan fingerprint density at radius 1 is 1.44 bits per heavy atom. The summed E-state index contributed by atoms with van der Waals surface area (Å²) in [6.07, 6.45) is 1.73. The summed E-state index contributed by atoms with van der Waals surface area (Å²) in [7, 11) is 0. The molecule has 0 aliphatic carbocycles. The SMILES string of the molecule is CCC(CC)C(=O)N1CCOc2ccc(N)cc21. The van der Waals surface area contributed by atoms with E-state index in [0.717, 1.165) is 24.3 Å². The van der Waals surface area contributed by atoms with Crippen LogP contribution < -0.4 is 15.4 Å². The molecule has 1 aromatic rings. The molecule has 0 atom stereocenters. The summed E-state index contributed by atoms with van der Waals surface area (Å²) in [6, 6.07) is 5.44. The van der Waals surface area contributed by atoms with Gasteiger partial charge in [0.15, 0.2) is 0 Å². The second-order valence-electron chi connectivity index (χ2n) is 4.58. The quantitative estimate of drug-likeness (QED) is 0.836. The molecule has 0 fully saturated rings. The Kier molecular flexibility index (Phi) is 3.75. The number of hydrogen-bond donors (Lipinski definition) is 1. The van der Waals surface area contributed by atoms with Crippen LogP contribution >= 0.6 is 0 Å². The van der Waals surface area contributed by atoms with Gasteiger partial charge in [-0.05, 0) is 31.0 Å². The van der Waals surface area contributed by atoms with Gasteiger partial charge in [0.1, 0.15) is 12.4 Å². The topological polar surface area (TPSA) is 55.6 Å². The largest absolute Gasteiger partial charge is 0.490 e. The summed E-state index contributed by atoms with van der Waals surface area (Å²) >= 11 is 0. The Labute approximate surface area is 108 Å². The summed E-state index contributed by atoms with van der Waals surface area (Å²) in [6.45, 7) is 5.24. The summed E-state index contributed by atoms with van der Waals surface area (Å²) in [5, 5.41) is 0. The highest BCUT2D eigenvalue weighted by Gasteiger charge is 2.27. The van der Waals surface area contributed by atoms with E-state index in [9.17, 15) is 4.79 Å². The van der Waals surface area contributed by atoms with E-state index >= 15 is 0 Å². The van der Waals surface area contributed by atoms with Crippen molar-refractivity contribution < 1.29 is 9.53 Å². The van der Waals surface area contributed by atoms with Gasteiger partial charge in [0, 0.05) is 11.6 Å². The van der Waals surface area contributed by atoms with Gasteiger partial charge in [-0.3, -0.25) is 4.79 Å². The fourth-order valence-electron chi connectivity index (χ4n) is 2.32. The lowest BCUT2D eigenvalue weighted by atomic mass is 10.0. The number of nitrogen functional groups attached to an aromatic ring is 1. The molecule has 2 N–H and O–H groups in total. The number of carbonyl (C=O) groups excluding carboxylic acids is 1. The van der Waals surface area contributed by atoms with Crippen LogP contribution in [0.15, 0.2) is 18.2 Å². The number of rotatable bonds is 3. The molecule has 0 radical (unpaired) electrons. The van der Waals surface area contributed by atoms with Crippen molar-refractivity contribution >= 4 is 17.3 Å². The average Bonchev–Trinajstić information content (AvgIpc) is 2.39. The zero-order valence-electron chi connectivity index (χ0n) is 11.0. The number of amides is 1. The highest BCUT2D eigenvalue weighted by atomic mass is 16.5. The number of nitrogens with two attached hydrogens (primary N) is 1. The summed E-state index contributed by atoms with van der Waals surface area (Å²) in [4.78, 5) is 14.3. The molecule has 1 aromatic carbocycles. The number of hydrogen-bond acceptors (Lipinski definition) is 3. The molecule has 0 spiro atoms. The van der Waals surface area contributed by atoms with Crippen molar-refractivity contribution in [2.24, 2.45) is 5.92 Å². The third kappa shape index (κ3) is 2.28. The molecule has 2 rings (SSSR count). The van der Waals surface area contributed by atoms with Crippen molar-refractivity contribution in [3.63, 3.8) is 0 Å². The first-order chi connectivity index (χ1) is 8.67. The van der Waals surface area contributed by atoms with E-state index < -0.39 is 0 Å².